The normalized spacial score (nSPS) is 20.7. The van der Waals surface area contributed by atoms with E-state index in [1.807, 2.05) is 0 Å². The van der Waals surface area contributed by atoms with Gasteiger partial charge in [0.1, 0.15) is 0 Å². The predicted octanol–water partition coefficient (Wildman–Crippen LogP) is -0.452. The van der Waals surface area contributed by atoms with Crippen molar-refractivity contribution in [1.29, 1.82) is 0 Å². The maximum Gasteiger partial charge on any atom is 0.394 e. The lowest BCUT2D eigenvalue weighted by Gasteiger charge is -2.37. The summed E-state index contributed by atoms with van der Waals surface area (Å²) < 4.78 is 24.1. The fraction of sp³-hybridized carbons (Fsp3) is 0.600. The first-order chi connectivity index (χ1) is 4.92. The van der Waals surface area contributed by atoms with E-state index in [0.29, 0.717) is 4.90 Å². The van der Waals surface area contributed by atoms with Crippen LogP contribution in [0.25, 0.3) is 0 Å². The number of carboxylic acids is 1. The number of carbonyl (C=O) groups excluding carboxylic acids is 1. The molecule has 0 unspecified atom stereocenters. The molecule has 1 amide bonds. The first-order valence-electron chi connectivity index (χ1n) is 2.82. The fourth-order valence-corrected chi connectivity index (χ4v) is 0.791. The molecule has 0 bridgehead atoms. The average Bonchev–Trinajstić information content (AvgIpc) is 1.80. The number of likely N-dealkylation sites (tertiary alicyclic amines) is 1. The molecule has 0 aromatic carbocycles. The molecule has 6 heteroatoms. The van der Waals surface area contributed by atoms with Crippen LogP contribution >= 0.6 is 0 Å². The Morgan fingerprint density at radius 1 is 1.36 bits per heavy atom. The number of aliphatic carboxylic acids is 1. The molecule has 1 saturated heterocycles. The van der Waals surface area contributed by atoms with Gasteiger partial charge in [0.15, 0.2) is 0 Å². The molecule has 4 nitrogen and oxygen atoms in total. The van der Waals surface area contributed by atoms with Crippen molar-refractivity contribution in [3.63, 3.8) is 0 Å². The summed E-state index contributed by atoms with van der Waals surface area (Å²) in [5, 5.41) is 8.05. The van der Waals surface area contributed by atoms with E-state index >= 15 is 0 Å². The number of hydrogen-bond donors (Lipinski definition) is 1. The van der Waals surface area contributed by atoms with Crippen LogP contribution in [0.2, 0.25) is 0 Å². The zero-order valence-corrected chi connectivity index (χ0v) is 5.38. The molecule has 0 aromatic heterocycles. The van der Waals surface area contributed by atoms with Gasteiger partial charge in [-0.1, -0.05) is 0 Å². The van der Waals surface area contributed by atoms with Crippen molar-refractivity contribution in [3.8, 4) is 0 Å². The first kappa shape index (κ1) is 7.90. The molecule has 0 aliphatic carbocycles. The Hall–Kier alpha value is -1.20. The predicted molar refractivity (Wildman–Crippen MR) is 29.2 cm³/mol. The van der Waals surface area contributed by atoms with Gasteiger partial charge in [0.05, 0.1) is 13.1 Å². The number of amides is 1. The third-order valence-electron chi connectivity index (χ3n) is 1.31. The molecular formula is C5H5F2NO3. The lowest BCUT2D eigenvalue weighted by molar-refractivity contribution is -0.175. The van der Waals surface area contributed by atoms with Crippen LogP contribution in [0.15, 0.2) is 0 Å². The Balaban J connectivity index is 2.45. The van der Waals surface area contributed by atoms with E-state index in [0.717, 1.165) is 0 Å². The molecule has 0 aromatic rings. The largest absolute Gasteiger partial charge is 0.474 e. The fourth-order valence-electron chi connectivity index (χ4n) is 0.791. The number of alkyl halides is 2. The zero-order valence-electron chi connectivity index (χ0n) is 5.38. The summed E-state index contributed by atoms with van der Waals surface area (Å²) in [6.07, 6.45) is 0. The quantitative estimate of drug-likeness (QED) is 0.494. The van der Waals surface area contributed by atoms with Gasteiger partial charge in [0.2, 0.25) is 0 Å². The van der Waals surface area contributed by atoms with Gasteiger partial charge >= 0.3 is 11.9 Å². The van der Waals surface area contributed by atoms with Crippen molar-refractivity contribution in [1.82, 2.24) is 4.90 Å². The number of halogens is 2. The summed E-state index contributed by atoms with van der Waals surface area (Å²) in [6.45, 7) is -1.56. The Morgan fingerprint density at radius 3 is 2.09 bits per heavy atom. The monoisotopic (exact) mass is 165 g/mol. The molecule has 1 aliphatic heterocycles. The lowest BCUT2D eigenvalue weighted by atomic mass is 10.1. The van der Waals surface area contributed by atoms with E-state index in [9.17, 15) is 18.4 Å². The number of carbonyl (C=O) groups is 2. The van der Waals surface area contributed by atoms with E-state index in [1.165, 1.54) is 0 Å². The summed E-state index contributed by atoms with van der Waals surface area (Å²) in [4.78, 5) is 20.9. The van der Waals surface area contributed by atoms with Crippen LogP contribution < -0.4 is 0 Å². The molecule has 0 saturated carbocycles. The molecular weight excluding hydrogens is 160 g/mol. The van der Waals surface area contributed by atoms with Gasteiger partial charge in [-0.15, -0.1) is 0 Å². The number of nitrogens with zero attached hydrogens (tertiary/aromatic N) is 1. The van der Waals surface area contributed by atoms with Crippen molar-refractivity contribution in [2.75, 3.05) is 13.1 Å². The average molecular weight is 165 g/mol. The van der Waals surface area contributed by atoms with E-state index in [4.69, 9.17) is 5.11 Å². The first-order valence-corrected chi connectivity index (χ1v) is 2.82. The molecule has 0 atom stereocenters. The second-order valence-electron chi connectivity index (χ2n) is 2.32. The molecule has 1 rings (SSSR count). The van der Waals surface area contributed by atoms with Crippen molar-refractivity contribution >= 4 is 11.9 Å². The van der Waals surface area contributed by atoms with E-state index in [-0.39, 0.29) is 0 Å². The third kappa shape index (κ3) is 1.44. The maximum absolute atomic E-state index is 12.0. The van der Waals surface area contributed by atoms with Crippen LogP contribution in [0.4, 0.5) is 8.78 Å². The van der Waals surface area contributed by atoms with Crippen LogP contribution in [-0.4, -0.2) is 40.9 Å². The van der Waals surface area contributed by atoms with Gasteiger partial charge in [-0.3, -0.25) is 4.79 Å². The molecule has 0 radical (unpaired) electrons. The molecule has 1 fully saturated rings. The van der Waals surface area contributed by atoms with Gasteiger partial charge in [-0.25, -0.2) is 13.6 Å². The Bertz CT molecular complexity index is 208. The van der Waals surface area contributed by atoms with E-state index < -0.39 is 30.9 Å². The number of carboxylic acid groups (broad SMARTS) is 1. The number of hydrogen-bond acceptors (Lipinski definition) is 2. The van der Waals surface area contributed by atoms with Crippen molar-refractivity contribution in [3.05, 3.63) is 0 Å². The smallest absolute Gasteiger partial charge is 0.394 e. The minimum atomic E-state index is -2.90. The van der Waals surface area contributed by atoms with Crippen molar-refractivity contribution in [2.45, 2.75) is 5.92 Å². The maximum atomic E-state index is 12.0. The Kier molecular flexibility index (Phi) is 1.54. The summed E-state index contributed by atoms with van der Waals surface area (Å²) >= 11 is 0. The highest BCUT2D eigenvalue weighted by Gasteiger charge is 2.47. The molecule has 1 N–H and O–H groups in total. The summed E-state index contributed by atoms with van der Waals surface area (Å²) in [5.41, 5.74) is 0. The lowest BCUT2D eigenvalue weighted by Crippen LogP contribution is -2.59. The van der Waals surface area contributed by atoms with E-state index in [1.54, 1.807) is 0 Å². The van der Waals surface area contributed by atoms with E-state index in [2.05, 4.69) is 0 Å². The Labute approximate surface area is 60.4 Å². The molecule has 0 spiro atoms. The summed E-state index contributed by atoms with van der Waals surface area (Å²) in [6, 6.07) is 0. The highest BCUT2D eigenvalue weighted by molar-refractivity contribution is 6.31. The molecule has 1 heterocycles. The van der Waals surface area contributed by atoms with Gasteiger partial charge < -0.3 is 10.0 Å². The van der Waals surface area contributed by atoms with Gasteiger partial charge in [-0.2, -0.15) is 0 Å². The van der Waals surface area contributed by atoms with Crippen LogP contribution in [0.3, 0.4) is 0 Å². The van der Waals surface area contributed by atoms with Crippen LogP contribution in [0.1, 0.15) is 0 Å². The van der Waals surface area contributed by atoms with Gasteiger partial charge in [-0.05, 0) is 0 Å². The third-order valence-corrected chi connectivity index (χ3v) is 1.31. The standard InChI is InChI=1S/C5H5F2NO3/c6-5(7)1-8(2-5)3(9)4(10)11/h1-2H2,(H,10,11). The topological polar surface area (TPSA) is 57.6 Å². The second kappa shape index (κ2) is 2.14. The second-order valence-corrected chi connectivity index (χ2v) is 2.32. The van der Waals surface area contributed by atoms with Gasteiger partial charge in [0.25, 0.3) is 5.92 Å². The highest BCUT2D eigenvalue weighted by atomic mass is 19.3. The SMILES string of the molecule is O=C(O)C(=O)N1CC(F)(F)C1. The molecule has 1 aliphatic rings. The van der Waals surface area contributed by atoms with Crippen LogP contribution in [0, 0.1) is 0 Å². The minimum Gasteiger partial charge on any atom is -0.474 e. The Morgan fingerprint density at radius 2 is 1.82 bits per heavy atom. The summed E-state index contributed by atoms with van der Waals surface area (Å²) in [5.74, 6) is -5.86. The van der Waals surface area contributed by atoms with Crippen molar-refractivity contribution < 1.29 is 23.5 Å². The summed E-state index contributed by atoms with van der Waals surface area (Å²) in [7, 11) is 0. The van der Waals surface area contributed by atoms with Crippen LogP contribution in [-0.2, 0) is 9.59 Å². The highest BCUT2D eigenvalue weighted by Crippen LogP contribution is 2.26. The van der Waals surface area contributed by atoms with Crippen molar-refractivity contribution in [2.24, 2.45) is 0 Å². The minimum absolute atomic E-state index is 0.586. The number of rotatable bonds is 0. The molecule has 62 valence electrons. The van der Waals surface area contributed by atoms with Crippen LogP contribution in [0.5, 0.6) is 0 Å². The molecule has 11 heavy (non-hydrogen) atoms. The zero-order chi connectivity index (χ0) is 8.65. The van der Waals surface area contributed by atoms with Gasteiger partial charge in [0, 0.05) is 0 Å².